The molecule has 0 radical (unpaired) electrons. The van der Waals surface area contributed by atoms with E-state index in [2.05, 4.69) is 95.0 Å². The number of hydrogen-bond acceptors (Lipinski definition) is 0. The van der Waals surface area contributed by atoms with Gasteiger partial charge in [0.1, 0.15) is 0 Å². The minimum absolute atomic E-state index is 1.04. The summed E-state index contributed by atoms with van der Waals surface area (Å²) in [5.74, 6) is 0. The minimum atomic E-state index is 1.04. The van der Waals surface area contributed by atoms with Crippen LogP contribution in [0.3, 0.4) is 0 Å². The fraction of sp³-hybridized carbons (Fsp3) is 0.304. The fourth-order valence-corrected chi connectivity index (χ4v) is 3.90. The molecule has 2 aromatic carbocycles. The molecule has 0 bridgehead atoms. The summed E-state index contributed by atoms with van der Waals surface area (Å²) in [6.45, 7) is 17.1. The Labute approximate surface area is 160 Å². The molecular formula is C23H27I. The molecule has 0 unspecified atom stereocenters. The van der Waals surface area contributed by atoms with Crippen molar-refractivity contribution in [3.05, 3.63) is 73.4 Å². The summed E-state index contributed by atoms with van der Waals surface area (Å²) in [6.07, 6.45) is 5.20. The second kappa shape index (κ2) is 7.69. The van der Waals surface area contributed by atoms with E-state index in [0.29, 0.717) is 0 Å². The lowest BCUT2D eigenvalue weighted by molar-refractivity contribution is 1.13. The zero-order chi connectivity index (χ0) is 18.0. The Morgan fingerprint density at radius 2 is 1.67 bits per heavy atom. The van der Waals surface area contributed by atoms with E-state index >= 15 is 0 Å². The Bertz CT molecular complexity index is 823. The van der Waals surface area contributed by atoms with Crippen molar-refractivity contribution in [1.29, 1.82) is 0 Å². The Morgan fingerprint density at radius 3 is 2.25 bits per heavy atom. The summed E-state index contributed by atoms with van der Waals surface area (Å²) in [5, 5.41) is 0. The van der Waals surface area contributed by atoms with Gasteiger partial charge in [0.05, 0.1) is 0 Å². The van der Waals surface area contributed by atoms with Crippen LogP contribution < -0.4 is 0 Å². The highest BCUT2D eigenvalue weighted by Crippen LogP contribution is 2.35. The molecule has 2 rings (SSSR count). The van der Waals surface area contributed by atoms with Crippen molar-refractivity contribution in [2.45, 2.75) is 48.0 Å². The molecule has 0 saturated carbocycles. The van der Waals surface area contributed by atoms with Gasteiger partial charge in [0.2, 0.25) is 0 Å². The van der Waals surface area contributed by atoms with Gasteiger partial charge in [-0.25, -0.2) is 0 Å². The van der Waals surface area contributed by atoms with E-state index in [9.17, 15) is 0 Å². The van der Waals surface area contributed by atoms with Crippen LogP contribution >= 0.6 is 22.6 Å². The van der Waals surface area contributed by atoms with E-state index in [1.54, 1.807) is 0 Å². The van der Waals surface area contributed by atoms with E-state index in [1.165, 1.54) is 53.7 Å². The highest BCUT2D eigenvalue weighted by Gasteiger charge is 2.13. The second-order valence-corrected chi connectivity index (χ2v) is 7.76. The van der Waals surface area contributed by atoms with Crippen molar-refractivity contribution in [3.63, 3.8) is 0 Å². The highest BCUT2D eigenvalue weighted by atomic mass is 127. The molecule has 0 nitrogen and oxygen atoms in total. The fourth-order valence-electron chi connectivity index (χ4n) is 3.07. The Morgan fingerprint density at radius 1 is 1.00 bits per heavy atom. The topological polar surface area (TPSA) is 0 Å². The predicted molar refractivity (Wildman–Crippen MR) is 117 cm³/mol. The molecule has 0 aliphatic rings. The molecule has 24 heavy (non-hydrogen) atoms. The summed E-state index contributed by atoms with van der Waals surface area (Å²) in [5.41, 5.74) is 12.1. The summed E-state index contributed by atoms with van der Waals surface area (Å²) in [7, 11) is 0. The number of hydrogen-bond donors (Lipinski definition) is 0. The largest absolute Gasteiger partial charge is 0.0988 e. The van der Waals surface area contributed by atoms with E-state index in [0.717, 1.165) is 6.42 Å². The molecule has 0 aromatic heterocycles. The molecule has 0 fully saturated rings. The van der Waals surface area contributed by atoms with Gasteiger partial charge >= 0.3 is 0 Å². The molecular weight excluding hydrogens is 403 g/mol. The van der Waals surface area contributed by atoms with Crippen LogP contribution in [0.5, 0.6) is 0 Å². The molecule has 1 heteroatoms. The van der Waals surface area contributed by atoms with Crippen molar-refractivity contribution in [1.82, 2.24) is 0 Å². The van der Waals surface area contributed by atoms with Crippen LogP contribution in [0.15, 0.2) is 36.4 Å². The summed E-state index contributed by atoms with van der Waals surface area (Å²) in [4.78, 5) is 0. The average molecular weight is 430 g/mol. The van der Waals surface area contributed by atoms with Gasteiger partial charge in [-0.2, -0.15) is 0 Å². The third-order valence-corrected chi connectivity index (χ3v) is 5.98. The first-order chi connectivity index (χ1) is 11.3. The van der Waals surface area contributed by atoms with Crippen LogP contribution in [0.25, 0.3) is 17.2 Å². The first-order valence-electron chi connectivity index (χ1n) is 8.51. The van der Waals surface area contributed by atoms with Crippen molar-refractivity contribution in [2.24, 2.45) is 0 Å². The van der Waals surface area contributed by atoms with Crippen LogP contribution in [-0.4, -0.2) is 0 Å². The van der Waals surface area contributed by atoms with Gasteiger partial charge in [-0.15, -0.1) is 0 Å². The normalized spacial score (nSPS) is 11.7. The molecule has 0 aliphatic heterocycles. The van der Waals surface area contributed by atoms with E-state index in [1.807, 2.05) is 6.08 Å². The Hall–Kier alpha value is -1.35. The van der Waals surface area contributed by atoms with Crippen LogP contribution in [0, 0.1) is 31.3 Å². The monoisotopic (exact) mass is 430 g/mol. The average Bonchev–Trinajstić information content (AvgIpc) is 2.57. The molecule has 2 aromatic rings. The highest BCUT2D eigenvalue weighted by molar-refractivity contribution is 14.1. The van der Waals surface area contributed by atoms with E-state index in [-0.39, 0.29) is 0 Å². The first kappa shape index (κ1) is 19.0. The van der Waals surface area contributed by atoms with Crippen LogP contribution in [0.2, 0.25) is 0 Å². The maximum absolute atomic E-state index is 3.89. The van der Waals surface area contributed by atoms with Crippen molar-refractivity contribution >= 4 is 28.7 Å². The van der Waals surface area contributed by atoms with Gasteiger partial charge in [-0.05, 0) is 120 Å². The molecule has 0 N–H and O–H groups in total. The number of halogens is 1. The predicted octanol–water partition coefficient (Wildman–Crippen LogP) is 7.34. The summed E-state index contributed by atoms with van der Waals surface area (Å²) >= 11 is 2.48. The standard InChI is InChI=1S/C23H27I/c1-8-14(3)10-20-12-22(23(24)13-19(20)9-2)21-11-15(4)16(5)17(6)18(21)7/h8,10-13H,1,9H2,2-7H3/b14-10-. The molecule has 0 amide bonds. The number of aryl methyl sites for hydroxylation is 2. The second-order valence-electron chi connectivity index (χ2n) is 6.59. The summed E-state index contributed by atoms with van der Waals surface area (Å²) < 4.78 is 1.32. The van der Waals surface area contributed by atoms with Gasteiger partial charge in [-0.1, -0.05) is 37.3 Å². The van der Waals surface area contributed by atoms with Gasteiger partial charge in [-0.3, -0.25) is 0 Å². The lowest BCUT2D eigenvalue weighted by Crippen LogP contribution is -1.98. The van der Waals surface area contributed by atoms with Crippen molar-refractivity contribution in [2.75, 3.05) is 0 Å². The molecule has 0 saturated heterocycles. The van der Waals surface area contributed by atoms with Gasteiger partial charge in [0.15, 0.2) is 0 Å². The maximum atomic E-state index is 3.89. The third kappa shape index (κ3) is 3.66. The molecule has 0 heterocycles. The lowest BCUT2D eigenvalue weighted by atomic mass is 9.89. The Balaban J connectivity index is 2.77. The first-order valence-corrected chi connectivity index (χ1v) is 9.58. The Kier molecular flexibility index (Phi) is 6.08. The van der Waals surface area contributed by atoms with Crippen LogP contribution in [0.4, 0.5) is 0 Å². The zero-order valence-corrected chi connectivity index (χ0v) is 17.8. The molecule has 0 atom stereocenters. The number of allylic oxidation sites excluding steroid dienone is 2. The van der Waals surface area contributed by atoms with Crippen LogP contribution in [-0.2, 0) is 6.42 Å². The van der Waals surface area contributed by atoms with Gasteiger partial charge in [0, 0.05) is 3.57 Å². The van der Waals surface area contributed by atoms with E-state index in [4.69, 9.17) is 0 Å². The molecule has 0 spiro atoms. The lowest BCUT2D eigenvalue weighted by Gasteiger charge is -2.17. The smallest absolute Gasteiger partial charge is 0.0212 e. The van der Waals surface area contributed by atoms with Crippen LogP contribution in [0.1, 0.15) is 47.2 Å². The van der Waals surface area contributed by atoms with Gasteiger partial charge < -0.3 is 0 Å². The number of rotatable bonds is 4. The SMILES string of the molecule is C=C/C(C)=C\c1cc(-c2cc(C)c(C)c(C)c2C)c(I)cc1CC. The zero-order valence-electron chi connectivity index (χ0n) is 15.7. The quantitative estimate of drug-likeness (QED) is 0.352. The molecule has 126 valence electrons. The number of benzene rings is 2. The minimum Gasteiger partial charge on any atom is -0.0988 e. The molecule has 0 aliphatic carbocycles. The van der Waals surface area contributed by atoms with Crippen molar-refractivity contribution in [3.8, 4) is 11.1 Å². The summed E-state index contributed by atoms with van der Waals surface area (Å²) in [6, 6.07) is 7.03. The third-order valence-electron chi connectivity index (χ3n) is 5.09. The van der Waals surface area contributed by atoms with Crippen molar-refractivity contribution < 1.29 is 0 Å². The maximum Gasteiger partial charge on any atom is 0.0212 e. The van der Waals surface area contributed by atoms with Gasteiger partial charge in [0.25, 0.3) is 0 Å². The van der Waals surface area contributed by atoms with E-state index < -0.39 is 0 Å².